The number of rotatable bonds is 34. The van der Waals surface area contributed by atoms with Gasteiger partial charge in [0.25, 0.3) is 0 Å². The van der Waals surface area contributed by atoms with Gasteiger partial charge in [-0.1, -0.05) is 121 Å². The number of hydrogen-bond acceptors (Lipinski definition) is 10. The van der Waals surface area contributed by atoms with Gasteiger partial charge in [-0.3, -0.25) is 9.59 Å². The highest BCUT2D eigenvalue weighted by Crippen LogP contribution is 2.22. The van der Waals surface area contributed by atoms with Crippen molar-refractivity contribution >= 4 is 11.9 Å². The molecule has 10 nitrogen and oxygen atoms in total. The Kier molecular flexibility index (Phi) is 31.8. The summed E-state index contributed by atoms with van der Waals surface area (Å²) in [5, 5.41) is 40.0. The summed E-state index contributed by atoms with van der Waals surface area (Å²) in [6.07, 6.45) is 30.0. The largest absolute Gasteiger partial charge is 0.462 e. The summed E-state index contributed by atoms with van der Waals surface area (Å²) in [5.41, 5.74) is 0. The molecule has 1 heterocycles. The minimum Gasteiger partial charge on any atom is -0.462 e. The number of carbonyl (C=O) groups is 2. The van der Waals surface area contributed by atoms with Crippen LogP contribution in [0.2, 0.25) is 0 Å². The summed E-state index contributed by atoms with van der Waals surface area (Å²) < 4.78 is 22.1. The summed E-state index contributed by atoms with van der Waals surface area (Å²) in [4.78, 5) is 25.2. The Morgan fingerprint density at radius 1 is 0.585 bits per heavy atom. The fraction of sp³-hybridized carbons (Fsp3) is 0.814. The zero-order chi connectivity index (χ0) is 38.8. The number of hydrogen-bond donors (Lipinski definition) is 4. The number of aliphatic hydroxyl groups is 4. The van der Waals surface area contributed by atoms with E-state index in [-0.39, 0.29) is 26.1 Å². The maximum absolute atomic E-state index is 12.7. The Balaban J connectivity index is 2.38. The molecule has 0 spiro atoms. The van der Waals surface area contributed by atoms with Crippen LogP contribution >= 0.6 is 0 Å². The first-order valence-electron chi connectivity index (χ1n) is 21.1. The number of ether oxygens (including phenoxy) is 4. The molecule has 0 saturated carbocycles. The van der Waals surface area contributed by atoms with Crippen LogP contribution in [0, 0.1) is 0 Å². The molecule has 2 unspecified atom stereocenters. The van der Waals surface area contributed by atoms with Gasteiger partial charge in [-0.05, 0) is 70.6 Å². The molecule has 1 saturated heterocycles. The number of carbonyl (C=O) groups excluding carboxylic acids is 2. The van der Waals surface area contributed by atoms with E-state index in [1.165, 1.54) is 51.4 Å². The monoisotopic (exact) mass is 753 g/mol. The van der Waals surface area contributed by atoms with Crippen molar-refractivity contribution in [1.82, 2.24) is 0 Å². The highest BCUT2D eigenvalue weighted by atomic mass is 16.7. The van der Waals surface area contributed by atoms with E-state index in [1.807, 2.05) is 0 Å². The van der Waals surface area contributed by atoms with Gasteiger partial charge < -0.3 is 39.4 Å². The van der Waals surface area contributed by atoms with E-state index in [0.29, 0.717) is 12.8 Å². The summed E-state index contributed by atoms with van der Waals surface area (Å²) in [7, 11) is 0. The SMILES string of the molecule is CCCCC/C=C/C/C=C/CCCCCCCC(=O)O[C@H](COC(=O)CCCCCCC/C=C/CCCCCC)CO[C@@H]1O[C@H](CO)[C@H](O)C(O)C1O. The minimum absolute atomic E-state index is 0.212. The molecule has 1 fully saturated rings. The van der Waals surface area contributed by atoms with Crippen molar-refractivity contribution in [1.29, 1.82) is 0 Å². The van der Waals surface area contributed by atoms with Crippen molar-refractivity contribution in [3.8, 4) is 0 Å². The number of esters is 2. The van der Waals surface area contributed by atoms with E-state index in [2.05, 4.69) is 50.3 Å². The van der Waals surface area contributed by atoms with Crippen molar-refractivity contribution < 1.29 is 49.0 Å². The quantitative estimate of drug-likeness (QED) is 0.0287. The van der Waals surface area contributed by atoms with Crippen LogP contribution in [0.15, 0.2) is 36.5 Å². The molecule has 0 aromatic heterocycles. The second-order valence-corrected chi connectivity index (χ2v) is 14.4. The highest BCUT2D eigenvalue weighted by Gasteiger charge is 2.44. The van der Waals surface area contributed by atoms with Gasteiger partial charge in [-0.25, -0.2) is 0 Å². The zero-order valence-electron chi connectivity index (χ0n) is 33.3. The lowest BCUT2D eigenvalue weighted by Gasteiger charge is -2.39. The van der Waals surface area contributed by atoms with Gasteiger partial charge in [-0.2, -0.15) is 0 Å². The summed E-state index contributed by atoms with van der Waals surface area (Å²) in [5.74, 6) is -0.834. The minimum atomic E-state index is -1.60. The van der Waals surface area contributed by atoms with E-state index in [4.69, 9.17) is 18.9 Å². The molecular formula is C43H76O10. The molecule has 1 aliphatic heterocycles. The van der Waals surface area contributed by atoms with Crippen LogP contribution < -0.4 is 0 Å². The predicted molar refractivity (Wildman–Crippen MR) is 210 cm³/mol. The van der Waals surface area contributed by atoms with Gasteiger partial charge >= 0.3 is 11.9 Å². The van der Waals surface area contributed by atoms with Gasteiger partial charge in [0.2, 0.25) is 0 Å². The van der Waals surface area contributed by atoms with Crippen LogP contribution in [0.25, 0.3) is 0 Å². The fourth-order valence-corrected chi connectivity index (χ4v) is 6.09. The van der Waals surface area contributed by atoms with Gasteiger partial charge in [0.05, 0.1) is 13.2 Å². The van der Waals surface area contributed by atoms with Crippen molar-refractivity contribution in [2.75, 3.05) is 19.8 Å². The molecule has 53 heavy (non-hydrogen) atoms. The number of allylic oxidation sites excluding steroid dienone is 6. The lowest BCUT2D eigenvalue weighted by atomic mass is 9.99. The Morgan fingerprint density at radius 3 is 1.62 bits per heavy atom. The molecule has 0 bridgehead atoms. The Morgan fingerprint density at radius 2 is 1.06 bits per heavy atom. The molecule has 1 aliphatic rings. The third-order valence-electron chi connectivity index (χ3n) is 9.50. The molecule has 1 rings (SSSR count). The maximum Gasteiger partial charge on any atom is 0.306 e. The maximum atomic E-state index is 12.7. The van der Waals surface area contributed by atoms with E-state index < -0.39 is 55.4 Å². The topological polar surface area (TPSA) is 152 Å². The van der Waals surface area contributed by atoms with Gasteiger partial charge in [0.1, 0.15) is 31.0 Å². The number of unbranched alkanes of at least 4 members (excludes halogenated alkanes) is 17. The molecule has 308 valence electrons. The van der Waals surface area contributed by atoms with E-state index >= 15 is 0 Å². The first kappa shape index (κ1) is 48.9. The molecule has 0 aromatic carbocycles. The first-order valence-corrected chi connectivity index (χ1v) is 21.1. The third-order valence-corrected chi connectivity index (χ3v) is 9.50. The summed E-state index contributed by atoms with van der Waals surface area (Å²) in [6.45, 7) is 3.34. The van der Waals surface area contributed by atoms with Crippen LogP contribution in [0.3, 0.4) is 0 Å². The smallest absolute Gasteiger partial charge is 0.306 e. The van der Waals surface area contributed by atoms with Gasteiger partial charge in [0, 0.05) is 12.8 Å². The van der Waals surface area contributed by atoms with Crippen molar-refractivity contribution in [3.63, 3.8) is 0 Å². The van der Waals surface area contributed by atoms with Crippen molar-refractivity contribution in [2.24, 2.45) is 0 Å². The lowest BCUT2D eigenvalue weighted by Crippen LogP contribution is -2.59. The second-order valence-electron chi connectivity index (χ2n) is 14.4. The van der Waals surface area contributed by atoms with E-state index in [1.54, 1.807) is 0 Å². The van der Waals surface area contributed by atoms with Gasteiger partial charge in [-0.15, -0.1) is 0 Å². The molecule has 10 heteroatoms. The second kappa shape index (κ2) is 34.4. The van der Waals surface area contributed by atoms with Crippen molar-refractivity contribution in [3.05, 3.63) is 36.5 Å². The Bertz CT molecular complexity index is 965. The molecule has 0 aromatic rings. The average molecular weight is 753 g/mol. The third kappa shape index (κ3) is 26.4. The van der Waals surface area contributed by atoms with Gasteiger partial charge in [0.15, 0.2) is 12.4 Å². The van der Waals surface area contributed by atoms with E-state index in [9.17, 15) is 30.0 Å². The standard InChI is InChI=1S/C43H76O10/c1-3-5-7-9-11-13-15-17-18-20-22-24-26-28-30-32-39(46)52-36(35-51-43-42(49)41(48)40(47)37(33-44)53-43)34-50-38(45)31-29-27-25-23-21-19-16-14-12-10-8-6-4-2/h11,13-14,16-18,36-37,40-44,47-49H,3-10,12,15,19-35H2,1-2H3/b13-11+,16-14+,18-17+/t36-,37-,40+,41?,42?,43-/m1/s1. The summed E-state index contributed by atoms with van der Waals surface area (Å²) >= 11 is 0. The number of aliphatic hydroxyl groups excluding tert-OH is 4. The molecule has 4 N–H and O–H groups in total. The fourth-order valence-electron chi connectivity index (χ4n) is 6.09. The molecule has 0 aliphatic carbocycles. The van der Waals surface area contributed by atoms with E-state index in [0.717, 1.165) is 77.0 Å². The van der Waals surface area contributed by atoms with Crippen LogP contribution in [-0.2, 0) is 28.5 Å². The van der Waals surface area contributed by atoms with Crippen LogP contribution in [0.4, 0.5) is 0 Å². The molecule has 0 amide bonds. The zero-order valence-corrected chi connectivity index (χ0v) is 33.3. The average Bonchev–Trinajstić information content (AvgIpc) is 3.15. The van der Waals surface area contributed by atoms with Crippen LogP contribution in [0.5, 0.6) is 0 Å². The highest BCUT2D eigenvalue weighted by molar-refractivity contribution is 5.70. The lowest BCUT2D eigenvalue weighted by molar-refractivity contribution is -0.305. The Hall–Kier alpha value is -2.08. The van der Waals surface area contributed by atoms with Crippen molar-refractivity contribution in [2.45, 2.75) is 205 Å². The molecule has 6 atom stereocenters. The normalized spacial score (nSPS) is 21.2. The predicted octanol–water partition coefficient (Wildman–Crippen LogP) is 8.33. The molecule has 0 radical (unpaired) electrons. The Labute approximate surface area is 321 Å². The molecular weight excluding hydrogens is 676 g/mol. The van der Waals surface area contributed by atoms with Crippen LogP contribution in [0.1, 0.15) is 168 Å². The van der Waals surface area contributed by atoms with Crippen LogP contribution in [-0.4, -0.2) is 89.0 Å². The first-order chi connectivity index (χ1) is 25.8. The summed E-state index contributed by atoms with van der Waals surface area (Å²) in [6, 6.07) is 0.